The van der Waals surface area contributed by atoms with E-state index < -0.39 is 0 Å². The SMILES string of the molecule is CN(c1ccccc1F)c1ncc(F)cc1CNC1CC1. The summed E-state index contributed by atoms with van der Waals surface area (Å²) >= 11 is 0. The van der Waals surface area contributed by atoms with Crippen molar-refractivity contribution in [2.45, 2.75) is 25.4 Å². The molecular formula is C16H17F2N3. The van der Waals surface area contributed by atoms with Crippen molar-refractivity contribution in [1.29, 1.82) is 0 Å². The Kier molecular flexibility index (Phi) is 3.84. The van der Waals surface area contributed by atoms with Crippen molar-refractivity contribution in [1.82, 2.24) is 10.3 Å². The second kappa shape index (κ2) is 5.77. The van der Waals surface area contributed by atoms with Gasteiger partial charge < -0.3 is 10.2 Å². The zero-order valence-corrected chi connectivity index (χ0v) is 11.8. The van der Waals surface area contributed by atoms with E-state index >= 15 is 0 Å². The Bertz CT molecular complexity index is 641. The number of benzene rings is 1. The molecule has 1 aliphatic carbocycles. The highest BCUT2D eigenvalue weighted by molar-refractivity contribution is 5.62. The molecule has 0 bridgehead atoms. The first-order valence-electron chi connectivity index (χ1n) is 7.01. The van der Waals surface area contributed by atoms with Crippen molar-refractivity contribution in [3.8, 4) is 0 Å². The molecule has 3 rings (SSSR count). The molecule has 1 aliphatic rings. The number of pyridine rings is 1. The molecule has 0 saturated heterocycles. The average molecular weight is 289 g/mol. The predicted molar refractivity (Wildman–Crippen MR) is 78.5 cm³/mol. The molecule has 1 fully saturated rings. The fraction of sp³-hybridized carbons (Fsp3) is 0.312. The molecule has 0 radical (unpaired) electrons. The first-order chi connectivity index (χ1) is 10.1. The van der Waals surface area contributed by atoms with Crippen molar-refractivity contribution in [3.63, 3.8) is 0 Å². The summed E-state index contributed by atoms with van der Waals surface area (Å²) in [6.45, 7) is 0.531. The molecular weight excluding hydrogens is 272 g/mol. The van der Waals surface area contributed by atoms with Crippen molar-refractivity contribution >= 4 is 11.5 Å². The lowest BCUT2D eigenvalue weighted by Crippen LogP contribution is -2.20. The van der Waals surface area contributed by atoms with Gasteiger partial charge in [-0.15, -0.1) is 0 Å². The molecule has 1 saturated carbocycles. The third-order valence-corrected chi connectivity index (χ3v) is 3.60. The summed E-state index contributed by atoms with van der Waals surface area (Å²) in [5.41, 5.74) is 1.15. The van der Waals surface area contributed by atoms with Crippen LogP contribution in [0.2, 0.25) is 0 Å². The van der Waals surface area contributed by atoms with Crippen LogP contribution < -0.4 is 10.2 Å². The summed E-state index contributed by atoms with van der Waals surface area (Å²) in [6, 6.07) is 8.45. The largest absolute Gasteiger partial charge is 0.327 e. The van der Waals surface area contributed by atoms with Crippen LogP contribution in [-0.2, 0) is 6.54 Å². The Hall–Kier alpha value is -2.01. The zero-order chi connectivity index (χ0) is 14.8. The van der Waals surface area contributed by atoms with E-state index in [1.165, 1.54) is 12.1 Å². The van der Waals surface area contributed by atoms with E-state index in [9.17, 15) is 8.78 Å². The highest BCUT2D eigenvalue weighted by Gasteiger charge is 2.22. The predicted octanol–water partition coefficient (Wildman–Crippen LogP) is 3.38. The van der Waals surface area contributed by atoms with Crippen LogP contribution in [0.3, 0.4) is 0 Å². The average Bonchev–Trinajstić information content (AvgIpc) is 3.29. The number of anilines is 2. The van der Waals surface area contributed by atoms with Gasteiger partial charge in [0.25, 0.3) is 0 Å². The van der Waals surface area contributed by atoms with Crippen molar-refractivity contribution < 1.29 is 8.78 Å². The number of hydrogen-bond donors (Lipinski definition) is 1. The van der Waals surface area contributed by atoms with Crippen LogP contribution in [0.15, 0.2) is 36.5 Å². The lowest BCUT2D eigenvalue weighted by atomic mass is 10.2. The second-order valence-corrected chi connectivity index (χ2v) is 5.30. The van der Waals surface area contributed by atoms with Gasteiger partial charge in [-0.2, -0.15) is 0 Å². The quantitative estimate of drug-likeness (QED) is 0.914. The van der Waals surface area contributed by atoms with Gasteiger partial charge in [0.15, 0.2) is 0 Å². The minimum Gasteiger partial charge on any atom is -0.327 e. The molecule has 1 N–H and O–H groups in total. The van der Waals surface area contributed by atoms with Gasteiger partial charge in [-0.3, -0.25) is 0 Å². The highest BCUT2D eigenvalue weighted by atomic mass is 19.1. The van der Waals surface area contributed by atoms with Crippen LogP contribution >= 0.6 is 0 Å². The van der Waals surface area contributed by atoms with E-state index in [4.69, 9.17) is 0 Å². The van der Waals surface area contributed by atoms with Crippen molar-refractivity contribution in [2.24, 2.45) is 0 Å². The zero-order valence-electron chi connectivity index (χ0n) is 11.8. The molecule has 3 nitrogen and oxygen atoms in total. The van der Waals surface area contributed by atoms with Gasteiger partial charge in [-0.05, 0) is 31.0 Å². The molecule has 0 aliphatic heterocycles. The van der Waals surface area contributed by atoms with Gasteiger partial charge >= 0.3 is 0 Å². The van der Waals surface area contributed by atoms with Crippen LogP contribution in [0, 0.1) is 11.6 Å². The van der Waals surface area contributed by atoms with Gasteiger partial charge in [0.2, 0.25) is 0 Å². The van der Waals surface area contributed by atoms with E-state index in [2.05, 4.69) is 10.3 Å². The van der Waals surface area contributed by atoms with Crippen molar-refractivity contribution in [2.75, 3.05) is 11.9 Å². The van der Waals surface area contributed by atoms with E-state index in [0.29, 0.717) is 24.1 Å². The Labute approximate surface area is 122 Å². The number of para-hydroxylation sites is 1. The normalized spacial score (nSPS) is 14.2. The molecule has 2 aromatic rings. The molecule has 1 aromatic carbocycles. The molecule has 0 atom stereocenters. The summed E-state index contributed by atoms with van der Waals surface area (Å²) in [5.74, 6) is -0.143. The van der Waals surface area contributed by atoms with Gasteiger partial charge in [0.1, 0.15) is 17.5 Å². The van der Waals surface area contributed by atoms with Crippen LogP contribution in [0.4, 0.5) is 20.3 Å². The van der Waals surface area contributed by atoms with Gasteiger partial charge in [0, 0.05) is 25.2 Å². The molecule has 0 unspecified atom stereocenters. The summed E-state index contributed by atoms with van der Waals surface area (Å²) < 4.78 is 27.4. The minimum absolute atomic E-state index is 0.327. The third kappa shape index (κ3) is 3.19. The van der Waals surface area contributed by atoms with Crippen molar-refractivity contribution in [3.05, 3.63) is 53.7 Å². The fourth-order valence-electron chi connectivity index (χ4n) is 2.29. The Morgan fingerprint density at radius 2 is 2.05 bits per heavy atom. The molecule has 110 valence electrons. The first-order valence-corrected chi connectivity index (χ1v) is 7.01. The monoisotopic (exact) mass is 289 g/mol. The van der Waals surface area contributed by atoms with Crippen LogP contribution in [0.25, 0.3) is 0 Å². The Balaban J connectivity index is 1.90. The van der Waals surface area contributed by atoms with E-state index in [-0.39, 0.29) is 11.6 Å². The summed E-state index contributed by atoms with van der Waals surface area (Å²) in [7, 11) is 1.74. The maximum Gasteiger partial charge on any atom is 0.146 e. The fourth-order valence-corrected chi connectivity index (χ4v) is 2.29. The Morgan fingerprint density at radius 3 is 2.76 bits per heavy atom. The number of halogens is 2. The van der Waals surface area contributed by atoms with Crippen LogP contribution in [0.5, 0.6) is 0 Å². The molecule has 1 heterocycles. The van der Waals surface area contributed by atoms with E-state index in [1.54, 1.807) is 30.1 Å². The number of rotatable bonds is 5. The summed E-state index contributed by atoms with van der Waals surface area (Å²) in [6.07, 6.45) is 3.47. The lowest BCUT2D eigenvalue weighted by molar-refractivity contribution is 0.610. The molecule has 0 amide bonds. The Morgan fingerprint density at radius 1 is 1.29 bits per heavy atom. The minimum atomic E-state index is -0.381. The second-order valence-electron chi connectivity index (χ2n) is 5.30. The van der Waals surface area contributed by atoms with Crippen LogP contribution in [0.1, 0.15) is 18.4 Å². The molecule has 0 spiro atoms. The molecule has 1 aromatic heterocycles. The highest BCUT2D eigenvalue weighted by Crippen LogP contribution is 2.28. The number of nitrogens with one attached hydrogen (secondary N) is 1. The van der Waals surface area contributed by atoms with Gasteiger partial charge in [0.05, 0.1) is 11.9 Å². The summed E-state index contributed by atoms with van der Waals surface area (Å²) in [5, 5.41) is 3.33. The standard InChI is InChI=1S/C16H17F2N3/c1-21(15-5-3-2-4-14(15)18)16-11(8-12(17)10-20-16)9-19-13-6-7-13/h2-5,8,10,13,19H,6-7,9H2,1H3. The summed E-state index contributed by atoms with van der Waals surface area (Å²) in [4.78, 5) is 5.79. The molecule has 5 heteroatoms. The number of hydrogen-bond acceptors (Lipinski definition) is 3. The van der Waals surface area contributed by atoms with Crippen LogP contribution in [-0.4, -0.2) is 18.1 Å². The topological polar surface area (TPSA) is 28.2 Å². The molecule has 21 heavy (non-hydrogen) atoms. The first kappa shape index (κ1) is 13.9. The number of aromatic nitrogens is 1. The number of nitrogens with zero attached hydrogens (tertiary/aromatic N) is 2. The van der Waals surface area contributed by atoms with Gasteiger partial charge in [-0.25, -0.2) is 13.8 Å². The lowest BCUT2D eigenvalue weighted by Gasteiger charge is -2.22. The third-order valence-electron chi connectivity index (χ3n) is 3.60. The maximum atomic E-state index is 13.9. The van der Waals surface area contributed by atoms with Gasteiger partial charge in [-0.1, -0.05) is 12.1 Å². The smallest absolute Gasteiger partial charge is 0.146 e. The van der Waals surface area contributed by atoms with E-state index in [1.807, 2.05) is 0 Å². The van der Waals surface area contributed by atoms with E-state index in [0.717, 1.165) is 24.6 Å². The maximum absolute atomic E-state index is 13.9.